The van der Waals surface area contributed by atoms with Crippen LogP contribution >= 0.6 is 0 Å². The fourth-order valence-corrected chi connectivity index (χ4v) is 3.63. The van der Waals surface area contributed by atoms with Crippen molar-refractivity contribution in [1.29, 1.82) is 0 Å². The number of rotatable bonds is 12. The summed E-state index contributed by atoms with van der Waals surface area (Å²) in [6.45, 7) is 4.46. The molecular weight excluding hydrogens is 318 g/mol. The Morgan fingerprint density at radius 1 is 0.750 bits per heavy atom. The minimum atomic E-state index is 0. The van der Waals surface area contributed by atoms with Crippen molar-refractivity contribution in [1.82, 2.24) is 0 Å². The predicted octanol–water partition coefficient (Wildman–Crippen LogP) is 3.29. The number of hydrogen-bond acceptors (Lipinski definition) is 1. The van der Waals surface area contributed by atoms with Crippen molar-refractivity contribution in [2.45, 2.75) is 109 Å². The average Bonchev–Trinajstić information content (AvgIpc) is 2.49. The van der Waals surface area contributed by atoms with Crippen molar-refractivity contribution in [3.05, 3.63) is 0 Å². The van der Waals surface area contributed by atoms with Gasteiger partial charge in [-0.15, -0.1) is 0 Å². The minimum absolute atomic E-state index is 0. The molecule has 0 aromatic rings. The Hall–Kier alpha value is 0.210. The van der Waals surface area contributed by atoms with Crippen LogP contribution in [0.1, 0.15) is 103 Å². The maximum atomic E-state index is 6.28. The number of nitrogens with zero attached hydrogens (tertiary/aromatic N) is 1. The first-order chi connectivity index (χ1) is 11.1. The van der Waals surface area contributed by atoms with Gasteiger partial charge in [-0.2, -0.15) is 0 Å². The van der Waals surface area contributed by atoms with E-state index in [1.807, 2.05) is 0 Å². The lowest BCUT2D eigenvalue weighted by molar-refractivity contribution is -0.910. The molecule has 1 aliphatic rings. The molecule has 0 N–H and O–H groups in total. The van der Waals surface area contributed by atoms with E-state index in [0.717, 1.165) is 11.2 Å². The molecule has 3 heteroatoms. The summed E-state index contributed by atoms with van der Waals surface area (Å²) in [5.74, 6) is 0. The monoisotopic (exact) mass is 361 g/mol. The molecule has 1 rings (SSSR count). The Kier molecular flexibility index (Phi) is 15.6. The second-order valence-electron chi connectivity index (χ2n) is 8.40. The van der Waals surface area contributed by atoms with Crippen LogP contribution in [0.4, 0.5) is 0 Å². The molecule has 0 aliphatic heterocycles. The minimum Gasteiger partial charge on any atom is -1.00 e. The maximum absolute atomic E-state index is 6.28. The van der Waals surface area contributed by atoms with Gasteiger partial charge < -0.3 is 21.6 Å². The third-order valence-corrected chi connectivity index (χ3v) is 5.33. The third kappa shape index (κ3) is 13.5. The summed E-state index contributed by atoms with van der Waals surface area (Å²) >= 11 is 0. The third-order valence-electron chi connectivity index (χ3n) is 5.33. The van der Waals surface area contributed by atoms with Gasteiger partial charge >= 0.3 is 0 Å². The smallest absolute Gasteiger partial charge is 0.183 e. The molecule has 2 nitrogen and oxygen atoms in total. The van der Waals surface area contributed by atoms with Gasteiger partial charge in [-0.3, -0.25) is 0 Å². The Bertz CT molecular complexity index is 263. The topological polar surface area (TPSA) is 9.23 Å². The summed E-state index contributed by atoms with van der Waals surface area (Å²) in [4.78, 5) is 0. The fourth-order valence-electron chi connectivity index (χ4n) is 3.63. The van der Waals surface area contributed by atoms with Gasteiger partial charge in [0, 0.05) is 0 Å². The van der Waals surface area contributed by atoms with E-state index in [9.17, 15) is 0 Å². The van der Waals surface area contributed by atoms with E-state index in [1.165, 1.54) is 103 Å². The maximum Gasteiger partial charge on any atom is 0.183 e. The highest BCUT2D eigenvalue weighted by Crippen LogP contribution is 2.20. The molecule has 1 aliphatic carbocycles. The van der Waals surface area contributed by atoms with Gasteiger partial charge in [0.2, 0.25) is 0 Å². The zero-order chi connectivity index (χ0) is 16.8. The van der Waals surface area contributed by atoms with E-state index < -0.39 is 0 Å². The standard InChI is InChI=1S/C21H44NO.ClH/c1-4-5-6-7-8-9-13-16-19-22(2,3)20-23-21-17-14-11-10-12-15-18-21;/h21H,4-20H2,1-3H3;1H/q+1;/p-1. The zero-order valence-electron chi connectivity index (χ0n) is 16.8. The molecule has 1 saturated carbocycles. The molecule has 0 spiro atoms. The summed E-state index contributed by atoms with van der Waals surface area (Å²) in [7, 11) is 4.67. The van der Waals surface area contributed by atoms with Gasteiger partial charge in [0.15, 0.2) is 6.73 Å². The van der Waals surface area contributed by atoms with Crippen LogP contribution in [0.3, 0.4) is 0 Å². The Labute approximate surface area is 158 Å². The van der Waals surface area contributed by atoms with Crippen molar-refractivity contribution in [3.63, 3.8) is 0 Å². The molecule has 0 heterocycles. The SMILES string of the molecule is CCCCCCCCCC[N+](C)(C)COC1CCCCCCC1.[Cl-]. The Morgan fingerprint density at radius 2 is 1.25 bits per heavy atom. The highest BCUT2D eigenvalue weighted by molar-refractivity contribution is 4.62. The Morgan fingerprint density at radius 3 is 1.83 bits per heavy atom. The van der Waals surface area contributed by atoms with E-state index in [1.54, 1.807) is 0 Å². The molecule has 0 aromatic heterocycles. The van der Waals surface area contributed by atoms with Crippen molar-refractivity contribution in [3.8, 4) is 0 Å². The largest absolute Gasteiger partial charge is 1.00 e. The molecule has 0 radical (unpaired) electrons. The normalized spacial score (nSPS) is 17.1. The van der Waals surface area contributed by atoms with Crippen molar-refractivity contribution < 1.29 is 21.6 Å². The number of halogens is 1. The lowest BCUT2D eigenvalue weighted by atomic mass is 9.99. The lowest BCUT2D eigenvalue weighted by Crippen LogP contribution is -3.00. The predicted molar refractivity (Wildman–Crippen MR) is 102 cm³/mol. The van der Waals surface area contributed by atoms with Crippen molar-refractivity contribution in [2.75, 3.05) is 27.4 Å². The van der Waals surface area contributed by atoms with Crippen LogP contribution in [0.2, 0.25) is 0 Å². The van der Waals surface area contributed by atoms with Crippen LogP contribution < -0.4 is 12.4 Å². The second-order valence-corrected chi connectivity index (χ2v) is 8.40. The number of quaternary nitrogens is 1. The molecule has 0 bridgehead atoms. The first-order valence-corrected chi connectivity index (χ1v) is 10.6. The van der Waals surface area contributed by atoms with Crippen molar-refractivity contribution >= 4 is 0 Å². The molecule has 0 amide bonds. The van der Waals surface area contributed by atoms with Crippen LogP contribution in [0.25, 0.3) is 0 Å². The van der Waals surface area contributed by atoms with Crippen LogP contribution in [0, 0.1) is 0 Å². The molecule has 0 aromatic carbocycles. The number of unbranched alkanes of at least 4 members (excludes halogenated alkanes) is 7. The molecule has 0 saturated heterocycles. The summed E-state index contributed by atoms with van der Waals surface area (Å²) < 4.78 is 7.31. The second kappa shape index (κ2) is 15.5. The van der Waals surface area contributed by atoms with Crippen LogP contribution in [0.5, 0.6) is 0 Å². The van der Waals surface area contributed by atoms with E-state index in [-0.39, 0.29) is 12.4 Å². The van der Waals surface area contributed by atoms with E-state index in [2.05, 4.69) is 21.0 Å². The van der Waals surface area contributed by atoms with Crippen LogP contribution in [0.15, 0.2) is 0 Å². The molecule has 0 atom stereocenters. The first-order valence-electron chi connectivity index (χ1n) is 10.6. The molecule has 0 unspecified atom stereocenters. The molecule has 1 fully saturated rings. The number of ether oxygens (including phenoxy) is 1. The van der Waals surface area contributed by atoms with Gasteiger partial charge in [-0.05, 0) is 25.7 Å². The van der Waals surface area contributed by atoms with Gasteiger partial charge in [-0.1, -0.05) is 77.6 Å². The quantitative estimate of drug-likeness (QED) is 0.294. The number of hydrogen-bond donors (Lipinski definition) is 0. The summed E-state index contributed by atoms with van der Waals surface area (Å²) in [5, 5.41) is 0. The van der Waals surface area contributed by atoms with E-state index >= 15 is 0 Å². The lowest BCUT2D eigenvalue weighted by Gasteiger charge is -2.32. The van der Waals surface area contributed by atoms with Crippen LogP contribution in [-0.2, 0) is 4.74 Å². The fraction of sp³-hybridized carbons (Fsp3) is 1.00. The van der Waals surface area contributed by atoms with Gasteiger partial charge in [-0.25, -0.2) is 0 Å². The molecule has 146 valence electrons. The highest BCUT2D eigenvalue weighted by atomic mass is 35.5. The van der Waals surface area contributed by atoms with Crippen LogP contribution in [-0.4, -0.2) is 38.0 Å². The Balaban J connectivity index is 0.00000529. The highest BCUT2D eigenvalue weighted by Gasteiger charge is 2.19. The van der Waals surface area contributed by atoms with Gasteiger partial charge in [0.1, 0.15) is 0 Å². The molecule has 24 heavy (non-hydrogen) atoms. The first kappa shape index (κ1) is 24.2. The van der Waals surface area contributed by atoms with Crippen molar-refractivity contribution in [2.24, 2.45) is 0 Å². The van der Waals surface area contributed by atoms with E-state index in [4.69, 9.17) is 4.74 Å². The summed E-state index contributed by atoms with van der Waals surface area (Å²) in [6.07, 6.45) is 21.4. The molecular formula is C21H44ClNO. The van der Waals surface area contributed by atoms with Gasteiger partial charge in [0.05, 0.1) is 26.7 Å². The average molecular weight is 362 g/mol. The summed E-state index contributed by atoms with van der Waals surface area (Å²) in [5.41, 5.74) is 0. The summed E-state index contributed by atoms with van der Waals surface area (Å²) in [6, 6.07) is 0. The van der Waals surface area contributed by atoms with Gasteiger partial charge in [0.25, 0.3) is 0 Å². The zero-order valence-corrected chi connectivity index (χ0v) is 17.6. The van der Waals surface area contributed by atoms with E-state index in [0.29, 0.717) is 6.10 Å².